The molecule has 0 aliphatic carbocycles. The van der Waals surface area contributed by atoms with E-state index in [1.54, 1.807) is 7.11 Å². The summed E-state index contributed by atoms with van der Waals surface area (Å²) in [6, 6.07) is 13.7. The molecule has 0 radical (unpaired) electrons. The highest BCUT2D eigenvalue weighted by molar-refractivity contribution is 5.93. The average molecular weight is 354 g/mol. The number of methoxy groups -OCH3 is 1. The monoisotopic (exact) mass is 354 g/mol. The van der Waals surface area contributed by atoms with Crippen molar-refractivity contribution in [2.45, 2.75) is 19.4 Å². The Morgan fingerprint density at radius 3 is 2.85 bits per heavy atom. The number of carbonyl (C=O) groups is 1. The Kier molecular flexibility index (Phi) is 6.20. The zero-order valence-corrected chi connectivity index (χ0v) is 15.4. The molecule has 2 amide bonds. The first kappa shape index (κ1) is 18.4. The first-order valence-electron chi connectivity index (χ1n) is 8.97. The van der Waals surface area contributed by atoms with Crippen molar-refractivity contribution in [2.75, 3.05) is 38.7 Å². The van der Waals surface area contributed by atoms with E-state index in [1.807, 2.05) is 49.4 Å². The van der Waals surface area contributed by atoms with Crippen LogP contribution in [0.1, 0.15) is 12.1 Å². The van der Waals surface area contributed by atoms with E-state index in [4.69, 9.17) is 4.74 Å². The number of likely N-dealkylation sites (tertiary alicyclic amines) is 1. The molecule has 1 aliphatic rings. The fourth-order valence-corrected chi connectivity index (χ4v) is 3.19. The maximum absolute atomic E-state index is 12.5. The highest BCUT2D eigenvalue weighted by atomic mass is 16.5. The zero-order valence-electron chi connectivity index (χ0n) is 15.4. The molecule has 6 heteroatoms. The molecule has 1 saturated heterocycles. The second-order valence-electron chi connectivity index (χ2n) is 6.59. The SMILES string of the molecule is COCCN1CCC(NC(=O)Nc2ccc(C)nc2-c2ccccc2)C1. The number of aromatic nitrogens is 1. The summed E-state index contributed by atoms with van der Waals surface area (Å²) in [7, 11) is 1.71. The molecule has 2 N–H and O–H groups in total. The minimum atomic E-state index is -0.188. The maximum atomic E-state index is 12.5. The van der Waals surface area contributed by atoms with E-state index in [0.29, 0.717) is 12.3 Å². The van der Waals surface area contributed by atoms with Crippen molar-refractivity contribution in [3.8, 4) is 11.3 Å². The summed E-state index contributed by atoms with van der Waals surface area (Å²) in [5.41, 5.74) is 3.40. The lowest BCUT2D eigenvalue weighted by molar-refractivity contribution is 0.160. The van der Waals surface area contributed by atoms with Crippen LogP contribution >= 0.6 is 0 Å². The van der Waals surface area contributed by atoms with Gasteiger partial charge in [-0.05, 0) is 25.5 Å². The molecule has 0 bridgehead atoms. The minimum absolute atomic E-state index is 0.158. The first-order valence-corrected chi connectivity index (χ1v) is 8.97. The predicted octanol–water partition coefficient (Wildman–Crippen LogP) is 2.90. The van der Waals surface area contributed by atoms with Crippen molar-refractivity contribution in [3.63, 3.8) is 0 Å². The highest BCUT2D eigenvalue weighted by Crippen LogP contribution is 2.26. The summed E-state index contributed by atoms with van der Waals surface area (Å²) in [6.45, 7) is 5.40. The fourth-order valence-electron chi connectivity index (χ4n) is 3.19. The van der Waals surface area contributed by atoms with Crippen molar-refractivity contribution < 1.29 is 9.53 Å². The molecule has 2 aromatic rings. The number of nitrogens with one attached hydrogen (secondary N) is 2. The number of rotatable bonds is 6. The van der Waals surface area contributed by atoms with Gasteiger partial charge in [0.15, 0.2) is 0 Å². The third-order valence-corrected chi connectivity index (χ3v) is 4.55. The van der Waals surface area contributed by atoms with Crippen molar-refractivity contribution in [1.82, 2.24) is 15.2 Å². The second kappa shape index (κ2) is 8.78. The van der Waals surface area contributed by atoms with E-state index >= 15 is 0 Å². The lowest BCUT2D eigenvalue weighted by Gasteiger charge is -2.17. The van der Waals surface area contributed by atoms with Gasteiger partial charge in [-0.1, -0.05) is 30.3 Å². The molecular weight excluding hydrogens is 328 g/mol. The summed E-state index contributed by atoms with van der Waals surface area (Å²) in [6.07, 6.45) is 0.953. The van der Waals surface area contributed by atoms with Gasteiger partial charge in [0, 0.05) is 44.0 Å². The van der Waals surface area contributed by atoms with Gasteiger partial charge in [0.05, 0.1) is 18.0 Å². The topological polar surface area (TPSA) is 66.5 Å². The number of ether oxygens (including phenoxy) is 1. The molecule has 138 valence electrons. The first-order chi connectivity index (χ1) is 12.7. The molecular formula is C20H26N4O2. The Hall–Kier alpha value is -2.44. The molecule has 1 aliphatic heterocycles. The van der Waals surface area contributed by atoms with E-state index in [0.717, 1.165) is 43.0 Å². The van der Waals surface area contributed by atoms with Gasteiger partial charge in [-0.25, -0.2) is 4.79 Å². The molecule has 0 saturated carbocycles. The van der Waals surface area contributed by atoms with Crippen LogP contribution in [0, 0.1) is 6.92 Å². The van der Waals surface area contributed by atoms with Crippen LogP contribution in [0.15, 0.2) is 42.5 Å². The minimum Gasteiger partial charge on any atom is -0.383 e. The molecule has 1 unspecified atom stereocenters. The van der Waals surface area contributed by atoms with E-state index < -0.39 is 0 Å². The average Bonchev–Trinajstić information content (AvgIpc) is 3.09. The van der Waals surface area contributed by atoms with Gasteiger partial charge in [0.25, 0.3) is 0 Å². The Bertz CT molecular complexity index is 736. The molecule has 6 nitrogen and oxygen atoms in total. The Labute approximate surface area is 154 Å². The van der Waals surface area contributed by atoms with Gasteiger partial charge in [-0.3, -0.25) is 9.88 Å². The fraction of sp³-hybridized carbons (Fsp3) is 0.400. The van der Waals surface area contributed by atoms with Gasteiger partial charge in [-0.15, -0.1) is 0 Å². The third-order valence-electron chi connectivity index (χ3n) is 4.55. The molecule has 1 fully saturated rings. The van der Waals surface area contributed by atoms with Gasteiger partial charge < -0.3 is 15.4 Å². The van der Waals surface area contributed by atoms with Crippen LogP contribution < -0.4 is 10.6 Å². The number of anilines is 1. The van der Waals surface area contributed by atoms with Crippen LogP contribution in [-0.2, 0) is 4.74 Å². The normalized spacial score (nSPS) is 17.2. The summed E-state index contributed by atoms with van der Waals surface area (Å²) in [5.74, 6) is 0. The summed E-state index contributed by atoms with van der Waals surface area (Å²) < 4.78 is 5.12. The van der Waals surface area contributed by atoms with Gasteiger partial charge in [0.1, 0.15) is 0 Å². The molecule has 0 spiro atoms. The summed E-state index contributed by atoms with van der Waals surface area (Å²) in [4.78, 5) is 19.4. The summed E-state index contributed by atoms with van der Waals surface area (Å²) in [5, 5.41) is 6.03. The van der Waals surface area contributed by atoms with Gasteiger partial charge in [-0.2, -0.15) is 0 Å². The maximum Gasteiger partial charge on any atom is 0.319 e. The predicted molar refractivity (Wildman–Crippen MR) is 103 cm³/mol. The molecule has 1 aromatic carbocycles. The van der Waals surface area contributed by atoms with E-state index in [1.165, 1.54) is 0 Å². The lowest BCUT2D eigenvalue weighted by Crippen LogP contribution is -2.40. The van der Waals surface area contributed by atoms with Crippen molar-refractivity contribution >= 4 is 11.7 Å². The number of nitrogens with zero attached hydrogens (tertiary/aromatic N) is 2. The van der Waals surface area contributed by atoms with Crippen molar-refractivity contribution in [1.29, 1.82) is 0 Å². The number of hydrogen-bond donors (Lipinski definition) is 2. The van der Waals surface area contributed by atoms with Crippen LogP contribution in [-0.4, -0.2) is 55.3 Å². The Morgan fingerprint density at radius 1 is 1.27 bits per heavy atom. The van der Waals surface area contributed by atoms with Gasteiger partial charge >= 0.3 is 6.03 Å². The number of urea groups is 1. The van der Waals surface area contributed by atoms with E-state index in [-0.39, 0.29) is 12.1 Å². The standard InChI is InChI=1S/C20H26N4O2/c1-15-8-9-18(19(21-15)16-6-4-3-5-7-16)23-20(25)22-17-10-11-24(14-17)12-13-26-2/h3-9,17H,10-14H2,1-2H3,(H2,22,23,25). The van der Waals surface area contributed by atoms with Crippen LogP contribution in [0.2, 0.25) is 0 Å². The Morgan fingerprint density at radius 2 is 2.08 bits per heavy atom. The molecule has 26 heavy (non-hydrogen) atoms. The van der Waals surface area contributed by atoms with E-state index in [9.17, 15) is 4.79 Å². The molecule has 2 heterocycles. The van der Waals surface area contributed by atoms with Crippen LogP contribution in [0.4, 0.5) is 10.5 Å². The number of pyridine rings is 1. The quantitative estimate of drug-likeness (QED) is 0.837. The third kappa shape index (κ3) is 4.80. The summed E-state index contributed by atoms with van der Waals surface area (Å²) >= 11 is 0. The van der Waals surface area contributed by atoms with E-state index in [2.05, 4.69) is 20.5 Å². The molecule has 1 atom stereocenters. The smallest absolute Gasteiger partial charge is 0.319 e. The zero-order chi connectivity index (χ0) is 18.4. The van der Waals surface area contributed by atoms with Crippen LogP contribution in [0.5, 0.6) is 0 Å². The largest absolute Gasteiger partial charge is 0.383 e. The number of hydrogen-bond acceptors (Lipinski definition) is 4. The Balaban J connectivity index is 1.63. The number of carbonyl (C=O) groups excluding carboxylic acids is 1. The van der Waals surface area contributed by atoms with Crippen LogP contribution in [0.25, 0.3) is 11.3 Å². The highest BCUT2D eigenvalue weighted by Gasteiger charge is 2.23. The van der Waals surface area contributed by atoms with Crippen molar-refractivity contribution in [3.05, 3.63) is 48.2 Å². The lowest BCUT2D eigenvalue weighted by atomic mass is 10.1. The molecule has 3 rings (SSSR count). The molecule has 1 aromatic heterocycles. The second-order valence-corrected chi connectivity index (χ2v) is 6.59. The van der Waals surface area contributed by atoms with Crippen molar-refractivity contribution in [2.24, 2.45) is 0 Å². The number of aryl methyl sites for hydroxylation is 1. The number of amides is 2. The van der Waals surface area contributed by atoms with Crippen LogP contribution in [0.3, 0.4) is 0 Å². The van der Waals surface area contributed by atoms with Gasteiger partial charge in [0.2, 0.25) is 0 Å². The number of benzene rings is 1.